The van der Waals surface area contributed by atoms with Crippen molar-refractivity contribution in [3.8, 4) is 0 Å². The fraction of sp³-hybridized carbons (Fsp3) is 0.333. The standard InChI is InChI=1S/C24H28N6O2/c1-14-8-15(2)10-17(9-14)11-26-22-24(32)30-19(13-27-22)5-6-20(30)23(31)28-12-18-4-7-21(25)29-16(18)3/h4,7-10,13,20H,5-6,11-12H2,1-3H3,(H2,25,29)(H,26,27)(H,28,31)/t20-/m0/s1. The Bertz CT molecular complexity index is 1210. The molecule has 0 radical (unpaired) electrons. The number of fused-ring (bicyclic) bond motifs is 1. The molecule has 1 aromatic carbocycles. The first-order chi connectivity index (χ1) is 15.3. The minimum absolute atomic E-state index is 0.187. The average molecular weight is 433 g/mol. The number of anilines is 2. The zero-order valence-corrected chi connectivity index (χ0v) is 18.6. The lowest BCUT2D eigenvalue weighted by Gasteiger charge is -2.16. The number of nitrogens with zero attached hydrogens (tertiary/aromatic N) is 3. The summed E-state index contributed by atoms with van der Waals surface area (Å²) < 4.78 is 1.57. The Kier molecular flexibility index (Phi) is 5.94. The molecule has 1 aliphatic heterocycles. The van der Waals surface area contributed by atoms with E-state index in [1.165, 1.54) is 11.1 Å². The summed E-state index contributed by atoms with van der Waals surface area (Å²) in [5, 5.41) is 6.09. The summed E-state index contributed by atoms with van der Waals surface area (Å²) >= 11 is 0. The van der Waals surface area contributed by atoms with Gasteiger partial charge in [-0.25, -0.2) is 9.97 Å². The molecule has 0 bridgehead atoms. The number of amides is 1. The van der Waals surface area contributed by atoms with E-state index >= 15 is 0 Å². The van der Waals surface area contributed by atoms with Gasteiger partial charge in [-0.2, -0.15) is 0 Å². The summed E-state index contributed by atoms with van der Waals surface area (Å²) in [5.41, 5.74) is 11.3. The highest BCUT2D eigenvalue weighted by Crippen LogP contribution is 2.24. The molecule has 8 nitrogen and oxygen atoms in total. The van der Waals surface area contributed by atoms with Crippen LogP contribution in [0.25, 0.3) is 0 Å². The predicted molar refractivity (Wildman–Crippen MR) is 124 cm³/mol. The molecule has 4 N–H and O–H groups in total. The largest absolute Gasteiger partial charge is 0.384 e. The first-order valence-corrected chi connectivity index (χ1v) is 10.7. The van der Waals surface area contributed by atoms with E-state index < -0.39 is 6.04 Å². The van der Waals surface area contributed by atoms with Crippen molar-refractivity contribution in [3.05, 3.63) is 80.5 Å². The fourth-order valence-corrected chi connectivity index (χ4v) is 4.26. The molecule has 3 aromatic rings. The maximum Gasteiger partial charge on any atom is 0.294 e. The SMILES string of the molecule is Cc1cc(C)cc(CNc2ncc3n(c2=O)[C@H](C(=O)NCc2ccc(N)nc2C)CC3)c1. The summed E-state index contributed by atoms with van der Waals surface area (Å²) in [5.74, 6) is 0.516. The van der Waals surface area contributed by atoms with E-state index in [0.717, 1.165) is 22.5 Å². The van der Waals surface area contributed by atoms with Crippen LogP contribution in [0.1, 0.15) is 46.1 Å². The number of carbonyl (C=O) groups excluding carboxylic acids is 1. The number of hydrogen-bond acceptors (Lipinski definition) is 6. The zero-order valence-electron chi connectivity index (χ0n) is 18.6. The number of carbonyl (C=O) groups is 1. The van der Waals surface area contributed by atoms with Crippen molar-refractivity contribution < 1.29 is 4.79 Å². The minimum atomic E-state index is -0.552. The average Bonchev–Trinajstić information content (AvgIpc) is 3.17. The Morgan fingerprint density at radius 3 is 2.62 bits per heavy atom. The van der Waals surface area contributed by atoms with Crippen LogP contribution in [0.4, 0.5) is 11.6 Å². The van der Waals surface area contributed by atoms with Crippen LogP contribution in [-0.2, 0) is 24.3 Å². The third-order valence-corrected chi connectivity index (χ3v) is 5.77. The van der Waals surface area contributed by atoms with Crippen molar-refractivity contribution in [2.45, 2.75) is 52.7 Å². The lowest BCUT2D eigenvalue weighted by Crippen LogP contribution is -2.36. The number of pyridine rings is 1. The van der Waals surface area contributed by atoms with E-state index in [9.17, 15) is 9.59 Å². The van der Waals surface area contributed by atoms with Crippen LogP contribution in [0, 0.1) is 20.8 Å². The van der Waals surface area contributed by atoms with Crippen LogP contribution >= 0.6 is 0 Å². The molecule has 32 heavy (non-hydrogen) atoms. The Balaban J connectivity index is 1.49. The number of aromatic nitrogens is 3. The van der Waals surface area contributed by atoms with Crippen molar-refractivity contribution in [2.24, 2.45) is 0 Å². The van der Waals surface area contributed by atoms with E-state index in [4.69, 9.17) is 5.73 Å². The van der Waals surface area contributed by atoms with Gasteiger partial charge in [-0.15, -0.1) is 0 Å². The number of aryl methyl sites for hydroxylation is 4. The minimum Gasteiger partial charge on any atom is -0.384 e. The van der Waals surface area contributed by atoms with Gasteiger partial charge in [-0.3, -0.25) is 14.2 Å². The maximum atomic E-state index is 13.1. The number of nitrogen functional groups attached to an aromatic ring is 1. The van der Waals surface area contributed by atoms with Crippen LogP contribution in [-0.4, -0.2) is 20.4 Å². The van der Waals surface area contributed by atoms with Crippen LogP contribution in [0.5, 0.6) is 0 Å². The monoisotopic (exact) mass is 432 g/mol. The van der Waals surface area contributed by atoms with Gasteiger partial charge < -0.3 is 16.4 Å². The van der Waals surface area contributed by atoms with Crippen molar-refractivity contribution in [1.82, 2.24) is 19.9 Å². The highest BCUT2D eigenvalue weighted by Gasteiger charge is 2.30. The van der Waals surface area contributed by atoms with Gasteiger partial charge in [0, 0.05) is 30.7 Å². The first kappa shape index (κ1) is 21.5. The highest BCUT2D eigenvalue weighted by atomic mass is 16.2. The number of nitrogens with one attached hydrogen (secondary N) is 2. The van der Waals surface area contributed by atoms with Crippen LogP contribution in [0.15, 0.2) is 41.3 Å². The molecule has 0 spiro atoms. The van der Waals surface area contributed by atoms with Crippen molar-refractivity contribution in [1.29, 1.82) is 0 Å². The Hall–Kier alpha value is -3.68. The maximum absolute atomic E-state index is 13.1. The molecule has 3 heterocycles. The molecule has 8 heteroatoms. The van der Waals surface area contributed by atoms with Crippen LogP contribution in [0.2, 0.25) is 0 Å². The van der Waals surface area contributed by atoms with Crippen molar-refractivity contribution in [3.63, 3.8) is 0 Å². The van der Waals surface area contributed by atoms with Gasteiger partial charge in [0.25, 0.3) is 5.56 Å². The molecule has 1 atom stereocenters. The number of hydrogen-bond donors (Lipinski definition) is 3. The summed E-state index contributed by atoms with van der Waals surface area (Å²) in [4.78, 5) is 34.6. The second-order valence-electron chi connectivity index (χ2n) is 8.38. The van der Waals surface area contributed by atoms with E-state index in [1.807, 2.05) is 26.8 Å². The van der Waals surface area contributed by atoms with E-state index in [-0.39, 0.29) is 17.3 Å². The van der Waals surface area contributed by atoms with Gasteiger partial charge in [0.2, 0.25) is 5.91 Å². The van der Waals surface area contributed by atoms with Gasteiger partial charge in [-0.05, 0) is 50.8 Å². The third-order valence-electron chi connectivity index (χ3n) is 5.77. The molecule has 1 aliphatic rings. The predicted octanol–water partition coefficient (Wildman–Crippen LogP) is 2.56. The summed E-state index contributed by atoms with van der Waals surface area (Å²) in [6, 6.07) is 9.28. The van der Waals surface area contributed by atoms with Gasteiger partial charge in [-0.1, -0.05) is 35.4 Å². The number of rotatable bonds is 6. The molecular weight excluding hydrogens is 404 g/mol. The smallest absolute Gasteiger partial charge is 0.294 e. The molecule has 166 valence electrons. The van der Waals surface area contributed by atoms with Crippen LogP contribution < -0.4 is 21.9 Å². The Morgan fingerprint density at radius 2 is 1.91 bits per heavy atom. The fourth-order valence-electron chi connectivity index (χ4n) is 4.26. The molecule has 0 fully saturated rings. The van der Waals surface area contributed by atoms with E-state index in [2.05, 4.69) is 38.8 Å². The third kappa shape index (κ3) is 4.49. The molecule has 0 aliphatic carbocycles. The van der Waals surface area contributed by atoms with Crippen LogP contribution in [0.3, 0.4) is 0 Å². The van der Waals surface area contributed by atoms with Gasteiger partial charge >= 0.3 is 0 Å². The topological polar surface area (TPSA) is 115 Å². The molecule has 0 saturated heterocycles. The molecule has 1 amide bonds. The molecule has 0 saturated carbocycles. The second-order valence-corrected chi connectivity index (χ2v) is 8.38. The molecule has 0 unspecified atom stereocenters. The van der Waals surface area contributed by atoms with Crippen molar-refractivity contribution in [2.75, 3.05) is 11.1 Å². The second kappa shape index (κ2) is 8.82. The Morgan fingerprint density at radius 1 is 1.16 bits per heavy atom. The van der Waals surface area contributed by atoms with Gasteiger partial charge in [0.15, 0.2) is 5.82 Å². The van der Waals surface area contributed by atoms with E-state index in [0.29, 0.717) is 31.7 Å². The summed E-state index contributed by atoms with van der Waals surface area (Å²) in [6.45, 7) is 6.77. The summed E-state index contributed by atoms with van der Waals surface area (Å²) in [7, 11) is 0. The Labute approximate surface area is 186 Å². The van der Waals surface area contributed by atoms with Gasteiger partial charge in [0.05, 0.1) is 0 Å². The highest BCUT2D eigenvalue weighted by molar-refractivity contribution is 5.81. The van der Waals surface area contributed by atoms with Crippen molar-refractivity contribution >= 4 is 17.5 Å². The van der Waals surface area contributed by atoms with Gasteiger partial charge in [0.1, 0.15) is 11.9 Å². The lowest BCUT2D eigenvalue weighted by molar-refractivity contribution is -0.124. The number of benzene rings is 1. The first-order valence-electron chi connectivity index (χ1n) is 10.7. The number of nitrogens with two attached hydrogens (primary N) is 1. The zero-order chi connectivity index (χ0) is 22.8. The molecular formula is C24H28N6O2. The summed E-state index contributed by atoms with van der Waals surface area (Å²) in [6.07, 6.45) is 2.90. The quantitative estimate of drug-likeness (QED) is 0.551. The molecule has 4 rings (SSSR count). The van der Waals surface area contributed by atoms with E-state index in [1.54, 1.807) is 16.8 Å². The lowest BCUT2D eigenvalue weighted by atomic mass is 10.1. The molecule has 2 aromatic heterocycles. The normalized spacial score (nSPS) is 14.8.